The lowest BCUT2D eigenvalue weighted by Gasteiger charge is -2.19. The molecule has 0 radical (unpaired) electrons. The lowest BCUT2D eigenvalue weighted by molar-refractivity contribution is -0.525. The Labute approximate surface area is 187 Å². The van der Waals surface area contributed by atoms with E-state index in [2.05, 4.69) is 35.9 Å². The zero-order valence-corrected chi connectivity index (χ0v) is 19.1. The summed E-state index contributed by atoms with van der Waals surface area (Å²) in [5.41, 5.74) is 1.71. The maximum atomic E-state index is 12.5. The average Bonchev–Trinajstić information content (AvgIpc) is 3.20. The summed E-state index contributed by atoms with van der Waals surface area (Å²) in [6.07, 6.45) is 4.64. The van der Waals surface area contributed by atoms with Crippen LogP contribution in [-0.4, -0.2) is 41.9 Å². The summed E-state index contributed by atoms with van der Waals surface area (Å²) in [7, 11) is 0. The number of nitrogens with zero attached hydrogens (tertiary/aromatic N) is 1. The van der Waals surface area contributed by atoms with E-state index >= 15 is 0 Å². The normalized spacial score (nSPS) is 11.6. The van der Waals surface area contributed by atoms with Crippen LogP contribution in [0.4, 0.5) is 0 Å². The number of carbonyl (C=O) groups is 2. The van der Waals surface area contributed by atoms with Crippen molar-refractivity contribution in [1.82, 2.24) is 21.4 Å². The molecule has 0 bridgehead atoms. The first-order valence-electron chi connectivity index (χ1n) is 10.6. The van der Waals surface area contributed by atoms with E-state index in [4.69, 9.17) is 5.41 Å². The van der Waals surface area contributed by atoms with Gasteiger partial charge in [-0.05, 0) is 55.9 Å². The van der Waals surface area contributed by atoms with Crippen LogP contribution in [-0.2, 0) is 16.0 Å². The van der Waals surface area contributed by atoms with E-state index in [0.717, 1.165) is 25.7 Å². The molecule has 0 saturated heterocycles. The van der Waals surface area contributed by atoms with Gasteiger partial charge in [-0.3, -0.25) is 15.0 Å². The maximum absolute atomic E-state index is 12.5. The first kappa shape index (κ1) is 26.3. The van der Waals surface area contributed by atoms with Gasteiger partial charge in [0.2, 0.25) is 11.8 Å². The second-order valence-corrected chi connectivity index (χ2v) is 8.73. The van der Waals surface area contributed by atoms with E-state index in [0.29, 0.717) is 31.7 Å². The van der Waals surface area contributed by atoms with Gasteiger partial charge in [0.15, 0.2) is 5.03 Å². The number of thiophene rings is 1. The highest BCUT2D eigenvalue weighted by atomic mass is 32.1. The molecule has 1 aromatic rings. The molecule has 0 spiro atoms. The van der Waals surface area contributed by atoms with Gasteiger partial charge in [-0.25, -0.2) is 10.1 Å². The number of hydrogen-bond acceptors (Lipinski definition) is 6. The number of nitrogens with one attached hydrogen (secondary N) is 5. The van der Waals surface area contributed by atoms with E-state index in [1.807, 2.05) is 11.4 Å². The fourth-order valence-electron chi connectivity index (χ4n) is 2.83. The van der Waals surface area contributed by atoms with Crippen molar-refractivity contribution in [2.24, 2.45) is 5.92 Å². The summed E-state index contributed by atoms with van der Waals surface area (Å²) in [5.74, 6) is -0.351. The van der Waals surface area contributed by atoms with E-state index < -0.39 is 17.0 Å². The third-order valence-electron chi connectivity index (χ3n) is 4.50. The minimum absolute atomic E-state index is 0.161. The van der Waals surface area contributed by atoms with Gasteiger partial charge in [-0.1, -0.05) is 25.3 Å². The number of guanidine groups is 1. The molecule has 0 saturated carbocycles. The summed E-state index contributed by atoms with van der Waals surface area (Å²) in [5, 5.41) is 27.1. The SMILES string of the molecule is CC(C)CCNC(=O)[C@H](CCCNC(=N)N[N+](=O)[O-])NC(=O)CCCCc1cccs1. The van der Waals surface area contributed by atoms with Crippen molar-refractivity contribution < 1.29 is 14.6 Å². The second-order valence-electron chi connectivity index (χ2n) is 7.69. The van der Waals surface area contributed by atoms with E-state index in [9.17, 15) is 19.7 Å². The van der Waals surface area contributed by atoms with Crippen LogP contribution in [0.3, 0.4) is 0 Å². The molecule has 0 aromatic carbocycles. The molecule has 2 amide bonds. The minimum Gasteiger partial charge on any atom is -0.354 e. The molecule has 31 heavy (non-hydrogen) atoms. The highest BCUT2D eigenvalue weighted by Crippen LogP contribution is 2.12. The molecular formula is C20H34N6O4S. The van der Waals surface area contributed by atoms with Gasteiger partial charge in [0.25, 0.3) is 5.96 Å². The number of hydrogen-bond donors (Lipinski definition) is 5. The van der Waals surface area contributed by atoms with Crippen LogP contribution in [0.25, 0.3) is 0 Å². The Balaban J connectivity index is 2.42. The molecule has 10 nitrogen and oxygen atoms in total. The molecule has 0 unspecified atom stereocenters. The molecule has 0 aliphatic rings. The molecule has 0 aliphatic carbocycles. The largest absolute Gasteiger partial charge is 0.354 e. The lowest BCUT2D eigenvalue weighted by atomic mass is 10.1. The van der Waals surface area contributed by atoms with Crippen molar-refractivity contribution >= 4 is 29.1 Å². The standard InChI is InChI=1S/C20H34N6O4S/c1-15(2)11-13-22-19(28)17(9-5-12-23-20(21)25-26(29)30)24-18(27)10-4-3-7-16-8-6-14-31-16/h6,8,14-15,17H,3-5,7,9-13H2,1-2H3,(H,22,28)(H,24,27)(H3,21,23,25)/t17-/m0/s1. The van der Waals surface area contributed by atoms with Crippen molar-refractivity contribution in [1.29, 1.82) is 5.41 Å². The minimum atomic E-state index is -0.820. The predicted molar refractivity (Wildman–Crippen MR) is 121 cm³/mol. The lowest BCUT2D eigenvalue weighted by Crippen LogP contribution is -2.47. The quantitative estimate of drug-likeness (QED) is 0.0901. The Morgan fingerprint density at radius 3 is 2.58 bits per heavy atom. The third-order valence-corrected chi connectivity index (χ3v) is 5.44. The Kier molecular flexibility index (Phi) is 12.9. The number of hydrazine groups is 1. The molecule has 5 N–H and O–H groups in total. The van der Waals surface area contributed by atoms with Crippen molar-refractivity contribution in [2.75, 3.05) is 13.1 Å². The number of rotatable bonds is 15. The Hall–Kier alpha value is -2.69. The fraction of sp³-hybridized carbons (Fsp3) is 0.650. The smallest absolute Gasteiger partial charge is 0.251 e. The summed E-state index contributed by atoms with van der Waals surface area (Å²) < 4.78 is 0. The highest BCUT2D eigenvalue weighted by molar-refractivity contribution is 7.09. The Morgan fingerprint density at radius 2 is 1.94 bits per heavy atom. The number of carbonyl (C=O) groups excluding carboxylic acids is 2. The summed E-state index contributed by atoms with van der Waals surface area (Å²) in [6.45, 7) is 4.95. The summed E-state index contributed by atoms with van der Waals surface area (Å²) in [4.78, 5) is 36.5. The molecule has 11 heteroatoms. The zero-order valence-electron chi connectivity index (χ0n) is 18.2. The van der Waals surface area contributed by atoms with Gasteiger partial charge in [0, 0.05) is 24.4 Å². The van der Waals surface area contributed by atoms with Crippen molar-refractivity contribution in [3.63, 3.8) is 0 Å². The Morgan fingerprint density at radius 1 is 1.16 bits per heavy atom. The van der Waals surface area contributed by atoms with Gasteiger partial charge in [-0.15, -0.1) is 11.3 Å². The van der Waals surface area contributed by atoms with Crippen LogP contribution in [0, 0.1) is 21.4 Å². The highest BCUT2D eigenvalue weighted by Gasteiger charge is 2.20. The third kappa shape index (κ3) is 13.3. The summed E-state index contributed by atoms with van der Waals surface area (Å²) >= 11 is 1.71. The van der Waals surface area contributed by atoms with Crippen molar-refractivity contribution in [3.05, 3.63) is 32.5 Å². The van der Waals surface area contributed by atoms with E-state index in [1.54, 1.807) is 16.8 Å². The van der Waals surface area contributed by atoms with Crippen LogP contribution < -0.4 is 21.4 Å². The van der Waals surface area contributed by atoms with Crippen LogP contribution in [0.15, 0.2) is 17.5 Å². The Bertz CT molecular complexity index is 696. The molecular weight excluding hydrogens is 420 g/mol. The number of amides is 2. The van der Waals surface area contributed by atoms with E-state index in [1.165, 1.54) is 4.88 Å². The molecule has 0 fully saturated rings. The molecule has 1 rings (SSSR count). The number of nitro groups is 1. The molecule has 1 aromatic heterocycles. The first-order valence-corrected chi connectivity index (χ1v) is 11.5. The van der Waals surface area contributed by atoms with Gasteiger partial charge in [0.1, 0.15) is 6.04 Å². The molecule has 1 atom stereocenters. The second kappa shape index (κ2) is 15.2. The van der Waals surface area contributed by atoms with Gasteiger partial charge < -0.3 is 16.0 Å². The van der Waals surface area contributed by atoms with Crippen molar-refractivity contribution in [3.8, 4) is 0 Å². The number of aryl methyl sites for hydroxylation is 1. The first-order chi connectivity index (χ1) is 14.8. The van der Waals surface area contributed by atoms with E-state index in [-0.39, 0.29) is 18.4 Å². The van der Waals surface area contributed by atoms with Crippen LogP contribution >= 0.6 is 11.3 Å². The van der Waals surface area contributed by atoms with Crippen LogP contribution in [0.2, 0.25) is 0 Å². The topological polar surface area (TPSA) is 149 Å². The zero-order chi connectivity index (χ0) is 23.1. The van der Waals surface area contributed by atoms with Crippen LogP contribution in [0.1, 0.15) is 57.2 Å². The number of unbranched alkanes of at least 4 members (excludes halogenated alkanes) is 1. The maximum Gasteiger partial charge on any atom is 0.251 e. The average molecular weight is 455 g/mol. The van der Waals surface area contributed by atoms with Gasteiger partial charge >= 0.3 is 0 Å². The molecule has 1 heterocycles. The van der Waals surface area contributed by atoms with Crippen molar-refractivity contribution in [2.45, 2.75) is 64.8 Å². The molecule has 174 valence electrons. The van der Waals surface area contributed by atoms with Gasteiger partial charge in [0.05, 0.1) is 0 Å². The molecule has 0 aliphatic heterocycles. The monoisotopic (exact) mass is 454 g/mol. The van der Waals surface area contributed by atoms with Crippen LogP contribution in [0.5, 0.6) is 0 Å². The summed E-state index contributed by atoms with van der Waals surface area (Å²) in [6, 6.07) is 3.42. The predicted octanol–water partition coefficient (Wildman–Crippen LogP) is 2.19. The van der Waals surface area contributed by atoms with Gasteiger partial charge in [-0.2, -0.15) is 0 Å². The fourth-order valence-corrected chi connectivity index (χ4v) is 3.58.